The van der Waals surface area contributed by atoms with E-state index in [9.17, 15) is 4.79 Å². The number of alkyl carbamates (subject to hydrolysis) is 1. The number of rotatable bonds is 3. The van der Waals surface area contributed by atoms with Crippen molar-refractivity contribution in [2.75, 3.05) is 19.7 Å². The van der Waals surface area contributed by atoms with Gasteiger partial charge in [0.05, 0.1) is 6.61 Å². The highest BCUT2D eigenvalue weighted by Crippen LogP contribution is 2.55. The van der Waals surface area contributed by atoms with Gasteiger partial charge in [-0.2, -0.15) is 0 Å². The van der Waals surface area contributed by atoms with Gasteiger partial charge >= 0.3 is 6.09 Å². The summed E-state index contributed by atoms with van der Waals surface area (Å²) in [6.07, 6.45) is 8.76. The molecular weight excluding hydrogens is 252 g/mol. The predicted octanol–water partition coefficient (Wildman–Crippen LogP) is 2.29. The molecule has 5 fully saturated rings. The maximum absolute atomic E-state index is 12.1. The fraction of sp³-hybridized carbons (Fsp3) is 0.938. The molecule has 1 saturated heterocycles. The molecule has 4 heteroatoms. The molecule has 4 bridgehead atoms. The zero-order chi connectivity index (χ0) is 13.6. The normalized spacial score (nSPS) is 45.6. The molecule has 0 spiro atoms. The molecule has 20 heavy (non-hydrogen) atoms. The lowest BCUT2D eigenvalue weighted by molar-refractivity contribution is -0.0197. The van der Waals surface area contributed by atoms with Crippen LogP contribution < -0.4 is 10.6 Å². The van der Waals surface area contributed by atoms with Crippen LogP contribution in [0.1, 0.15) is 44.9 Å². The van der Waals surface area contributed by atoms with Gasteiger partial charge in [-0.05, 0) is 69.2 Å². The van der Waals surface area contributed by atoms with Gasteiger partial charge in [0.25, 0.3) is 0 Å². The van der Waals surface area contributed by atoms with Crippen molar-refractivity contribution in [1.29, 1.82) is 0 Å². The van der Waals surface area contributed by atoms with E-state index in [1.807, 2.05) is 0 Å². The number of hydrogen-bond acceptors (Lipinski definition) is 3. The Morgan fingerprint density at radius 1 is 1.15 bits per heavy atom. The Hall–Kier alpha value is -0.770. The Morgan fingerprint density at radius 3 is 2.35 bits per heavy atom. The molecule has 0 aromatic rings. The molecule has 1 atom stereocenters. The van der Waals surface area contributed by atoms with Gasteiger partial charge in [0, 0.05) is 18.0 Å². The van der Waals surface area contributed by atoms with Crippen LogP contribution in [0, 0.1) is 23.7 Å². The summed E-state index contributed by atoms with van der Waals surface area (Å²) in [5, 5.41) is 6.58. The lowest BCUT2D eigenvalue weighted by Crippen LogP contribution is -2.60. The minimum atomic E-state index is -0.168. The van der Waals surface area contributed by atoms with Crippen LogP contribution in [-0.4, -0.2) is 31.3 Å². The molecule has 4 saturated carbocycles. The van der Waals surface area contributed by atoms with E-state index in [0.717, 1.165) is 37.3 Å². The molecular formula is C16H26N2O2. The quantitative estimate of drug-likeness (QED) is 0.833. The van der Waals surface area contributed by atoms with Gasteiger partial charge in [0.2, 0.25) is 0 Å². The molecule has 0 radical (unpaired) electrons. The average molecular weight is 278 g/mol. The third-order valence-electron chi connectivity index (χ3n) is 6.02. The SMILES string of the molecule is O=C(NC12CC3CC(CC(C3)C1)C2)OCC1CCNC1. The van der Waals surface area contributed by atoms with Crippen LogP contribution in [0.4, 0.5) is 4.79 Å². The van der Waals surface area contributed by atoms with Crippen molar-refractivity contribution >= 4 is 6.09 Å². The van der Waals surface area contributed by atoms with Crippen LogP contribution in [0.3, 0.4) is 0 Å². The largest absolute Gasteiger partial charge is 0.449 e. The summed E-state index contributed by atoms with van der Waals surface area (Å²) in [5.41, 5.74) is 0.0831. The molecule has 5 aliphatic rings. The third kappa shape index (κ3) is 2.43. The van der Waals surface area contributed by atoms with Crippen LogP contribution in [0.5, 0.6) is 0 Å². The highest BCUT2D eigenvalue weighted by atomic mass is 16.5. The zero-order valence-corrected chi connectivity index (χ0v) is 12.2. The van der Waals surface area contributed by atoms with Crippen molar-refractivity contribution in [3.8, 4) is 0 Å². The van der Waals surface area contributed by atoms with E-state index in [0.29, 0.717) is 12.5 Å². The smallest absolute Gasteiger partial charge is 0.407 e. The van der Waals surface area contributed by atoms with E-state index in [1.54, 1.807) is 0 Å². The lowest BCUT2D eigenvalue weighted by Gasteiger charge is -2.56. The Labute approximate surface area is 121 Å². The number of nitrogens with one attached hydrogen (secondary N) is 2. The number of ether oxygens (including phenoxy) is 1. The zero-order valence-electron chi connectivity index (χ0n) is 12.2. The van der Waals surface area contributed by atoms with Gasteiger partial charge in [-0.25, -0.2) is 4.79 Å². The van der Waals surface area contributed by atoms with Crippen molar-refractivity contribution in [3.05, 3.63) is 0 Å². The molecule has 0 aromatic carbocycles. The standard InChI is InChI=1S/C16H26N2O2/c19-15(20-10-11-1-2-17-9-11)18-16-6-12-3-13(7-16)5-14(4-12)8-16/h11-14,17H,1-10H2,(H,18,19). The molecule has 0 aromatic heterocycles. The summed E-state index contributed by atoms with van der Waals surface area (Å²) in [6.45, 7) is 2.63. The van der Waals surface area contributed by atoms with E-state index < -0.39 is 0 Å². The van der Waals surface area contributed by atoms with Crippen LogP contribution in [-0.2, 0) is 4.74 Å². The van der Waals surface area contributed by atoms with E-state index >= 15 is 0 Å². The summed E-state index contributed by atoms with van der Waals surface area (Å²) in [4.78, 5) is 12.1. The first-order valence-corrected chi connectivity index (χ1v) is 8.36. The molecule has 2 N–H and O–H groups in total. The highest BCUT2D eigenvalue weighted by molar-refractivity contribution is 5.68. The summed E-state index contributed by atoms with van der Waals surface area (Å²) in [6, 6.07) is 0. The summed E-state index contributed by atoms with van der Waals surface area (Å²) in [5.74, 6) is 3.10. The predicted molar refractivity (Wildman–Crippen MR) is 76.4 cm³/mol. The second-order valence-corrected chi connectivity index (χ2v) is 7.78. The van der Waals surface area contributed by atoms with Crippen molar-refractivity contribution in [2.24, 2.45) is 23.7 Å². The molecule has 4 aliphatic carbocycles. The van der Waals surface area contributed by atoms with Gasteiger partial charge in [0.1, 0.15) is 0 Å². The lowest BCUT2D eigenvalue weighted by atomic mass is 9.53. The molecule has 1 unspecified atom stereocenters. The summed E-state index contributed by atoms with van der Waals surface area (Å²) < 4.78 is 5.47. The van der Waals surface area contributed by atoms with E-state index in [2.05, 4.69) is 10.6 Å². The Bertz CT molecular complexity index is 355. The molecule has 112 valence electrons. The average Bonchev–Trinajstić information content (AvgIpc) is 2.87. The van der Waals surface area contributed by atoms with Crippen LogP contribution in [0.2, 0.25) is 0 Å². The third-order valence-corrected chi connectivity index (χ3v) is 6.02. The van der Waals surface area contributed by atoms with Crippen molar-refractivity contribution in [1.82, 2.24) is 10.6 Å². The summed E-state index contributed by atoms with van der Waals surface area (Å²) in [7, 11) is 0. The monoisotopic (exact) mass is 278 g/mol. The minimum Gasteiger partial charge on any atom is -0.449 e. The Kier molecular flexibility index (Phi) is 3.17. The Balaban J connectivity index is 1.32. The van der Waals surface area contributed by atoms with E-state index in [4.69, 9.17) is 4.74 Å². The highest BCUT2D eigenvalue weighted by Gasteiger charge is 2.51. The first-order valence-electron chi connectivity index (χ1n) is 8.36. The molecule has 1 amide bonds. The number of carbonyl (C=O) groups excluding carboxylic acids is 1. The van der Waals surface area contributed by atoms with E-state index in [1.165, 1.54) is 38.5 Å². The van der Waals surface area contributed by atoms with Crippen LogP contribution in [0.15, 0.2) is 0 Å². The fourth-order valence-corrected chi connectivity index (χ4v) is 5.57. The summed E-state index contributed by atoms with van der Waals surface area (Å²) >= 11 is 0. The molecule has 1 heterocycles. The van der Waals surface area contributed by atoms with Gasteiger partial charge < -0.3 is 15.4 Å². The van der Waals surface area contributed by atoms with Crippen LogP contribution >= 0.6 is 0 Å². The van der Waals surface area contributed by atoms with Crippen molar-refractivity contribution in [3.63, 3.8) is 0 Å². The number of amides is 1. The maximum Gasteiger partial charge on any atom is 0.407 e. The number of carbonyl (C=O) groups is 1. The minimum absolute atomic E-state index is 0.0831. The van der Waals surface area contributed by atoms with Gasteiger partial charge in [-0.15, -0.1) is 0 Å². The van der Waals surface area contributed by atoms with Crippen molar-refractivity contribution < 1.29 is 9.53 Å². The fourth-order valence-electron chi connectivity index (χ4n) is 5.57. The van der Waals surface area contributed by atoms with Crippen LogP contribution in [0.25, 0.3) is 0 Å². The number of hydrogen-bond donors (Lipinski definition) is 2. The first-order chi connectivity index (χ1) is 9.71. The molecule has 1 aliphatic heterocycles. The molecule has 5 rings (SSSR count). The Morgan fingerprint density at radius 2 is 1.80 bits per heavy atom. The molecule has 4 nitrogen and oxygen atoms in total. The van der Waals surface area contributed by atoms with E-state index in [-0.39, 0.29) is 11.6 Å². The first kappa shape index (κ1) is 12.9. The second-order valence-electron chi connectivity index (χ2n) is 7.78. The maximum atomic E-state index is 12.1. The van der Waals surface area contributed by atoms with Gasteiger partial charge in [0.15, 0.2) is 0 Å². The van der Waals surface area contributed by atoms with Gasteiger partial charge in [-0.1, -0.05) is 0 Å². The second kappa shape index (κ2) is 4.90. The topological polar surface area (TPSA) is 50.4 Å². The van der Waals surface area contributed by atoms with Crippen molar-refractivity contribution in [2.45, 2.75) is 50.5 Å². The van der Waals surface area contributed by atoms with Gasteiger partial charge in [-0.3, -0.25) is 0 Å².